The molecule has 6 heteroatoms. The topological polar surface area (TPSA) is 73.8 Å². The molecule has 0 aromatic carbocycles. The van der Waals surface area contributed by atoms with Gasteiger partial charge in [-0.15, -0.1) is 12.4 Å². The first kappa shape index (κ1) is 20.4. The van der Waals surface area contributed by atoms with E-state index < -0.39 is 0 Å². The standard InChI is InChI=1S/C6H15NO2.C6H13NO.ClH/c1-5(3-8)7-6(2)4-9;1-5-3-8-4-6(2)7-5;/h5-9H,3-4H2,1-2H3;5-7H,3-4H2,1-2H3;1H. The first-order valence-electron chi connectivity index (χ1n) is 6.31. The fourth-order valence-corrected chi connectivity index (χ4v) is 1.59. The van der Waals surface area contributed by atoms with Gasteiger partial charge in [0.25, 0.3) is 0 Å². The van der Waals surface area contributed by atoms with E-state index in [9.17, 15) is 0 Å². The van der Waals surface area contributed by atoms with Gasteiger partial charge < -0.3 is 25.6 Å². The summed E-state index contributed by atoms with van der Waals surface area (Å²) < 4.78 is 5.23. The molecular formula is C12H29ClN2O3. The van der Waals surface area contributed by atoms with E-state index in [2.05, 4.69) is 24.5 Å². The Balaban J connectivity index is 0. The lowest BCUT2D eigenvalue weighted by molar-refractivity contribution is 0.0560. The maximum atomic E-state index is 8.54. The van der Waals surface area contributed by atoms with E-state index in [0.29, 0.717) is 12.1 Å². The SMILES string of the molecule is CC(CO)NC(C)CO.CC1COCC(C)N1.Cl. The van der Waals surface area contributed by atoms with Crippen molar-refractivity contribution in [2.45, 2.75) is 51.9 Å². The zero-order valence-electron chi connectivity index (χ0n) is 11.8. The highest BCUT2D eigenvalue weighted by Crippen LogP contribution is 1.96. The highest BCUT2D eigenvalue weighted by molar-refractivity contribution is 5.85. The maximum absolute atomic E-state index is 8.54. The summed E-state index contributed by atoms with van der Waals surface area (Å²) in [7, 11) is 0. The minimum Gasteiger partial charge on any atom is -0.395 e. The summed E-state index contributed by atoms with van der Waals surface area (Å²) in [6.45, 7) is 9.97. The average Bonchev–Trinajstić information content (AvgIpc) is 2.29. The van der Waals surface area contributed by atoms with Crippen LogP contribution in [0.15, 0.2) is 0 Å². The Bertz CT molecular complexity index is 171. The molecule has 1 rings (SSSR count). The van der Waals surface area contributed by atoms with Crippen LogP contribution in [0.3, 0.4) is 0 Å². The van der Waals surface area contributed by atoms with Gasteiger partial charge in [0, 0.05) is 24.2 Å². The summed E-state index contributed by atoms with van der Waals surface area (Å²) in [5.74, 6) is 0. The van der Waals surface area contributed by atoms with Gasteiger partial charge in [0.2, 0.25) is 0 Å². The van der Waals surface area contributed by atoms with Crippen molar-refractivity contribution in [3.8, 4) is 0 Å². The van der Waals surface area contributed by atoms with Gasteiger partial charge in [-0.3, -0.25) is 0 Å². The van der Waals surface area contributed by atoms with Gasteiger partial charge in [0.1, 0.15) is 0 Å². The molecule has 0 radical (unpaired) electrons. The molecule has 1 saturated heterocycles. The number of hydrogen-bond acceptors (Lipinski definition) is 5. The lowest BCUT2D eigenvalue weighted by atomic mass is 10.2. The molecule has 1 heterocycles. The lowest BCUT2D eigenvalue weighted by Gasteiger charge is -2.25. The first-order chi connectivity index (χ1) is 7.99. The molecule has 4 atom stereocenters. The van der Waals surface area contributed by atoms with Gasteiger partial charge >= 0.3 is 0 Å². The number of halogens is 1. The summed E-state index contributed by atoms with van der Waals surface area (Å²) in [4.78, 5) is 0. The van der Waals surface area contributed by atoms with E-state index in [0.717, 1.165) is 13.2 Å². The molecule has 0 bridgehead atoms. The highest BCUT2D eigenvalue weighted by atomic mass is 35.5. The van der Waals surface area contributed by atoms with E-state index in [1.165, 1.54) is 0 Å². The highest BCUT2D eigenvalue weighted by Gasteiger charge is 2.12. The van der Waals surface area contributed by atoms with Crippen LogP contribution in [0.2, 0.25) is 0 Å². The fraction of sp³-hybridized carbons (Fsp3) is 1.00. The predicted molar refractivity (Wildman–Crippen MR) is 76.4 cm³/mol. The third kappa shape index (κ3) is 11.2. The molecule has 0 aromatic heterocycles. The van der Waals surface area contributed by atoms with Crippen LogP contribution in [0.5, 0.6) is 0 Å². The van der Waals surface area contributed by atoms with Crippen LogP contribution < -0.4 is 10.6 Å². The molecule has 18 heavy (non-hydrogen) atoms. The third-order valence-corrected chi connectivity index (χ3v) is 2.42. The van der Waals surface area contributed by atoms with Crippen molar-refractivity contribution >= 4 is 12.4 Å². The summed E-state index contributed by atoms with van der Waals surface area (Å²) in [6.07, 6.45) is 0. The molecule has 1 fully saturated rings. The second-order valence-corrected chi connectivity index (χ2v) is 4.84. The van der Waals surface area contributed by atoms with Gasteiger partial charge in [0.05, 0.1) is 26.4 Å². The normalized spacial score (nSPS) is 26.3. The molecule has 4 unspecified atom stereocenters. The molecule has 0 amide bonds. The Morgan fingerprint density at radius 1 is 1.11 bits per heavy atom. The number of aliphatic hydroxyl groups excluding tert-OH is 2. The van der Waals surface area contributed by atoms with E-state index in [-0.39, 0.29) is 37.7 Å². The van der Waals surface area contributed by atoms with Crippen LogP contribution in [0, 0.1) is 0 Å². The zero-order chi connectivity index (χ0) is 13.3. The average molecular weight is 285 g/mol. The summed E-state index contributed by atoms with van der Waals surface area (Å²) in [5.41, 5.74) is 0. The van der Waals surface area contributed by atoms with Crippen molar-refractivity contribution in [3.63, 3.8) is 0 Å². The minimum absolute atomic E-state index is 0. The number of nitrogens with one attached hydrogen (secondary N) is 2. The number of ether oxygens (including phenoxy) is 1. The van der Waals surface area contributed by atoms with E-state index in [4.69, 9.17) is 14.9 Å². The van der Waals surface area contributed by atoms with Crippen LogP contribution >= 0.6 is 12.4 Å². The van der Waals surface area contributed by atoms with Crippen molar-refractivity contribution in [3.05, 3.63) is 0 Å². The summed E-state index contributed by atoms with van der Waals surface area (Å²) >= 11 is 0. The van der Waals surface area contributed by atoms with Crippen LogP contribution in [-0.4, -0.2) is 60.8 Å². The van der Waals surface area contributed by atoms with Gasteiger partial charge in [-0.2, -0.15) is 0 Å². The van der Waals surface area contributed by atoms with Crippen LogP contribution in [-0.2, 0) is 4.74 Å². The molecule has 0 aromatic rings. The first-order valence-corrected chi connectivity index (χ1v) is 6.31. The monoisotopic (exact) mass is 284 g/mol. The summed E-state index contributed by atoms with van der Waals surface area (Å²) in [5, 5.41) is 23.4. The summed E-state index contributed by atoms with van der Waals surface area (Å²) in [6, 6.07) is 1.23. The molecule has 1 aliphatic heterocycles. The van der Waals surface area contributed by atoms with Crippen LogP contribution in [0.4, 0.5) is 0 Å². The van der Waals surface area contributed by atoms with Crippen molar-refractivity contribution < 1.29 is 14.9 Å². The molecule has 0 spiro atoms. The number of rotatable bonds is 4. The van der Waals surface area contributed by atoms with E-state index >= 15 is 0 Å². The number of hydrogen-bond donors (Lipinski definition) is 4. The largest absolute Gasteiger partial charge is 0.395 e. The number of morpholine rings is 1. The molecule has 0 aliphatic carbocycles. The Kier molecular flexibility index (Phi) is 13.8. The molecular weight excluding hydrogens is 256 g/mol. The molecule has 1 aliphatic rings. The predicted octanol–water partition coefficient (Wildman–Crippen LogP) is 0.143. The molecule has 5 nitrogen and oxygen atoms in total. The van der Waals surface area contributed by atoms with Gasteiger partial charge in [-0.25, -0.2) is 0 Å². The quantitative estimate of drug-likeness (QED) is 0.591. The van der Waals surface area contributed by atoms with Crippen molar-refractivity contribution in [1.29, 1.82) is 0 Å². The van der Waals surface area contributed by atoms with Gasteiger partial charge in [-0.05, 0) is 27.7 Å². The Morgan fingerprint density at radius 2 is 1.50 bits per heavy atom. The number of aliphatic hydroxyl groups is 2. The third-order valence-electron chi connectivity index (χ3n) is 2.42. The van der Waals surface area contributed by atoms with Crippen molar-refractivity contribution in [1.82, 2.24) is 10.6 Å². The Morgan fingerprint density at radius 3 is 1.72 bits per heavy atom. The van der Waals surface area contributed by atoms with Crippen molar-refractivity contribution in [2.75, 3.05) is 26.4 Å². The van der Waals surface area contributed by atoms with Crippen LogP contribution in [0.25, 0.3) is 0 Å². The smallest absolute Gasteiger partial charge is 0.0617 e. The fourth-order valence-electron chi connectivity index (χ4n) is 1.59. The van der Waals surface area contributed by atoms with Gasteiger partial charge in [0.15, 0.2) is 0 Å². The van der Waals surface area contributed by atoms with E-state index in [1.807, 2.05) is 13.8 Å². The van der Waals surface area contributed by atoms with E-state index in [1.54, 1.807) is 0 Å². The van der Waals surface area contributed by atoms with Gasteiger partial charge in [-0.1, -0.05) is 0 Å². The Labute approximate surface area is 117 Å². The molecule has 0 saturated carbocycles. The minimum atomic E-state index is 0. The zero-order valence-corrected chi connectivity index (χ0v) is 12.7. The lowest BCUT2D eigenvalue weighted by Crippen LogP contribution is -2.45. The molecule has 112 valence electrons. The Hall–Kier alpha value is 0.0900. The van der Waals surface area contributed by atoms with Crippen LogP contribution in [0.1, 0.15) is 27.7 Å². The second kappa shape index (κ2) is 12.1. The maximum Gasteiger partial charge on any atom is 0.0617 e. The van der Waals surface area contributed by atoms with Crippen molar-refractivity contribution in [2.24, 2.45) is 0 Å². The second-order valence-electron chi connectivity index (χ2n) is 4.84. The molecule has 4 N–H and O–H groups in total.